The Morgan fingerprint density at radius 2 is 1.84 bits per heavy atom. The first-order valence-corrected chi connectivity index (χ1v) is 12.0. The van der Waals surface area contributed by atoms with Crippen molar-refractivity contribution in [3.8, 4) is 0 Å². The molecule has 8 nitrogen and oxygen atoms in total. The number of anilines is 2. The number of piperidine rings is 2. The number of pyridine rings is 1. The first-order valence-electron chi connectivity index (χ1n) is 11.6. The molecular weight excluding hydrogens is 410 g/mol. The average molecular weight is 442 g/mol. The predicted molar refractivity (Wildman–Crippen MR) is 123 cm³/mol. The number of rotatable bonds is 6. The van der Waals surface area contributed by atoms with Gasteiger partial charge in [0.15, 0.2) is 0 Å². The van der Waals surface area contributed by atoms with Crippen molar-refractivity contribution in [1.82, 2.24) is 24.2 Å². The minimum atomic E-state index is 0.0270. The van der Waals surface area contributed by atoms with Gasteiger partial charge in [-0.3, -0.25) is 14.3 Å². The number of carbonyl (C=O) groups excluding carboxylic acids is 1. The monoisotopic (exact) mass is 441 g/mol. The Morgan fingerprint density at radius 3 is 2.52 bits per heavy atom. The van der Waals surface area contributed by atoms with E-state index in [0.717, 1.165) is 49.7 Å². The molecule has 2 saturated heterocycles. The van der Waals surface area contributed by atoms with Crippen molar-refractivity contribution in [3.63, 3.8) is 0 Å². The van der Waals surface area contributed by atoms with Crippen LogP contribution in [0, 0.1) is 10.7 Å². The second-order valence-corrected chi connectivity index (χ2v) is 9.33. The van der Waals surface area contributed by atoms with Gasteiger partial charge >= 0.3 is 0 Å². The fraction of sp³-hybridized carbons (Fsp3) is 0.636. The van der Waals surface area contributed by atoms with Gasteiger partial charge in [-0.25, -0.2) is 9.67 Å². The second kappa shape index (κ2) is 9.08. The Kier molecular flexibility index (Phi) is 6.04. The highest BCUT2D eigenvalue weighted by Crippen LogP contribution is 2.38. The molecule has 0 radical (unpaired) electrons. The number of amides is 1. The van der Waals surface area contributed by atoms with Gasteiger partial charge in [0, 0.05) is 44.3 Å². The summed E-state index contributed by atoms with van der Waals surface area (Å²) >= 11 is 5.84. The van der Waals surface area contributed by atoms with E-state index in [1.165, 1.54) is 32.1 Å². The maximum Gasteiger partial charge on any atom is 0.228 e. The van der Waals surface area contributed by atoms with Gasteiger partial charge in [-0.1, -0.05) is 6.07 Å². The van der Waals surface area contributed by atoms with Crippen LogP contribution in [0.15, 0.2) is 24.4 Å². The molecule has 9 heteroatoms. The van der Waals surface area contributed by atoms with E-state index < -0.39 is 0 Å². The molecule has 0 unspecified atom stereocenters. The van der Waals surface area contributed by atoms with E-state index in [2.05, 4.69) is 24.7 Å². The number of likely N-dealkylation sites (tertiary alicyclic amines) is 1. The van der Waals surface area contributed by atoms with E-state index in [-0.39, 0.29) is 11.8 Å². The van der Waals surface area contributed by atoms with Crippen molar-refractivity contribution in [2.24, 2.45) is 5.92 Å². The highest BCUT2D eigenvalue weighted by atomic mass is 32.1. The van der Waals surface area contributed by atoms with E-state index in [1.54, 1.807) is 6.20 Å². The summed E-state index contributed by atoms with van der Waals surface area (Å²) in [7, 11) is 0. The standard InChI is InChI=1S/C22H31N7OS/c30-20(24-19-6-2-3-11-23-19)17-9-14-26(15-10-17)16-28-22(31)29(18-7-8-18)21(25-28)27-12-4-1-5-13-27/h2-3,6,11,17-18H,1,4-5,7-10,12-16H2,(H,23,24,30). The van der Waals surface area contributed by atoms with Gasteiger partial charge in [0.2, 0.25) is 16.6 Å². The average Bonchev–Trinajstić information content (AvgIpc) is 3.59. The van der Waals surface area contributed by atoms with Crippen molar-refractivity contribution in [2.45, 2.75) is 57.7 Å². The summed E-state index contributed by atoms with van der Waals surface area (Å²) < 4.78 is 5.15. The molecule has 0 spiro atoms. The number of aromatic nitrogens is 4. The molecule has 4 heterocycles. The summed E-state index contributed by atoms with van der Waals surface area (Å²) in [6.45, 7) is 4.60. The van der Waals surface area contributed by atoms with Gasteiger partial charge in [0.25, 0.3) is 0 Å². The first-order chi connectivity index (χ1) is 15.2. The summed E-state index contributed by atoms with van der Waals surface area (Å²) in [6.07, 6.45) is 9.57. The normalized spacial score (nSPS) is 20.7. The molecule has 31 heavy (non-hydrogen) atoms. The molecule has 1 aliphatic carbocycles. The van der Waals surface area contributed by atoms with Crippen molar-refractivity contribution in [1.29, 1.82) is 0 Å². The predicted octanol–water partition coefficient (Wildman–Crippen LogP) is 3.44. The zero-order chi connectivity index (χ0) is 21.2. The maximum atomic E-state index is 12.6. The fourth-order valence-corrected chi connectivity index (χ4v) is 4.98. The Balaban J connectivity index is 1.21. The van der Waals surface area contributed by atoms with E-state index in [0.29, 0.717) is 18.5 Å². The summed E-state index contributed by atoms with van der Waals surface area (Å²) in [5, 5.41) is 7.91. The zero-order valence-corrected chi connectivity index (χ0v) is 18.8. The molecule has 1 amide bonds. The van der Waals surface area contributed by atoms with E-state index in [4.69, 9.17) is 17.3 Å². The van der Waals surface area contributed by atoms with Crippen LogP contribution in [0.2, 0.25) is 0 Å². The van der Waals surface area contributed by atoms with E-state index >= 15 is 0 Å². The summed E-state index contributed by atoms with van der Waals surface area (Å²) in [5.74, 6) is 1.79. The van der Waals surface area contributed by atoms with E-state index in [9.17, 15) is 4.79 Å². The molecule has 2 aromatic heterocycles. The lowest BCUT2D eigenvalue weighted by molar-refractivity contribution is -0.121. The molecule has 2 aliphatic heterocycles. The Bertz CT molecular complexity index is 954. The van der Waals surface area contributed by atoms with Crippen LogP contribution in [0.3, 0.4) is 0 Å². The molecular formula is C22H31N7OS. The van der Waals surface area contributed by atoms with Crippen LogP contribution in [0.4, 0.5) is 11.8 Å². The van der Waals surface area contributed by atoms with Gasteiger partial charge < -0.3 is 10.2 Å². The molecule has 1 N–H and O–H groups in total. The van der Waals surface area contributed by atoms with Crippen LogP contribution in [0.5, 0.6) is 0 Å². The molecule has 5 rings (SSSR count). The van der Waals surface area contributed by atoms with Crippen molar-refractivity contribution >= 4 is 29.9 Å². The number of nitrogens with one attached hydrogen (secondary N) is 1. The van der Waals surface area contributed by atoms with Crippen molar-refractivity contribution < 1.29 is 4.79 Å². The van der Waals surface area contributed by atoms with Crippen LogP contribution in [-0.2, 0) is 11.5 Å². The smallest absolute Gasteiger partial charge is 0.228 e. The highest BCUT2D eigenvalue weighted by Gasteiger charge is 2.32. The lowest BCUT2D eigenvalue weighted by atomic mass is 9.96. The van der Waals surface area contributed by atoms with Crippen LogP contribution in [0.25, 0.3) is 0 Å². The summed E-state index contributed by atoms with van der Waals surface area (Å²) in [5.41, 5.74) is 0. The second-order valence-electron chi connectivity index (χ2n) is 8.97. The van der Waals surface area contributed by atoms with Crippen LogP contribution >= 0.6 is 12.2 Å². The Hall–Kier alpha value is -2.26. The number of hydrogen-bond acceptors (Lipinski definition) is 6. The Morgan fingerprint density at radius 1 is 1.06 bits per heavy atom. The molecule has 0 atom stereocenters. The van der Waals surface area contributed by atoms with Gasteiger partial charge in [-0.2, -0.15) is 0 Å². The molecule has 3 fully saturated rings. The highest BCUT2D eigenvalue weighted by molar-refractivity contribution is 7.71. The van der Waals surface area contributed by atoms with Gasteiger partial charge in [0.1, 0.15) is 5.82 Å². The van der Waals surface area contributed by atoms with Crippen LogP contribution < -0.4 is 10.2 Å². The summed E-state index contributed by atoms with van der Waals surface area (Å²) in [6, 6.07) is 6.08. The Labute approximate surface area is 188 Å². The van der Waals surface area contributed by atoms with Gasteiger partial charge in [-0.05, 0) is 69.3 Å². The number of nitrogens with zero attached hydrogens (tertiary/aromatic N) is 6. The zero-order valence-electron chi connectivity index (χ0n) is 17.9. The van der Waals surface area contributed by atoms with Gasteiger partial charge in [0.05, 0.1) is 6.67 Å². The molecule has 2 aromatic rings. The topological polar surface area (TPSA) is 71.2 Å². The maximum absolute atomic E-state index is 12.6. The number of carbonyl (C=O) groups is 1. The fourth-order valence-electron chi connectivity index (χ4n) is 4.65. The van der Waals surface area contributed by atoms with E-state index in [1.807, 2.05) is 22.9 Å². The minimum absolute atomic E-state index is 0.0270. The van der Waals surface area contributed by atoms with Crippen molar-refractivity contribution in [3.05, 3.63) is 29.2 Å². The minimum Gasteiger partial charge on any atom is -0.341 e. The molecule has 1 saturated carbocycles. The molecule has 0 aromatic carbocycles. The van der Waals surface area contributed by atoms with Crippen molar-refractivity contribution in [2.75, 3.05) is 36.4 Å². The van der Waals surface area contributed by atoms with Crippen LogP contribution in [0.1, 0.15) is 51.0 Å². The SMILES string of the molecule is O=C(Nc1ccccn1)C1CCN(Cn2nc(N3CCCCC3)n(C3CC3)c2=S)CC1. The molecule has 166 valence electrons. The first kappa shape index (κ1) is 20.6. The third-order valence-electron chi connectivity index (χ3n) is 6.61. The number of hydrogen-bond donors (Lipinski definition) is 1. The molecule has 0 bridgehead atoms. The largest absolute Gasteiger partial charge is 0.341 e. The lowest BCUT2D eigenvalue weighted by Gasteiger charge is -2.30. The third kappa shape index (κ3) is 4.67. The summed E-state index contributed by atoms with van der Waals surface area (Å²) in [4.78, 5) is 21.6. The van der Waals surface area contributed by atoms with Crippen LogP contribution in [-0.4, -0.2) is 56.3 Å². The lowest BCUT2D eigenvalue weighted by Crippen LogP contribution is -2.39. The quantitative estimate of drug-likeness (QED) is 0.693. The van der Waals surface area contributed by atoms with Gasteiger partial charge in [-0.15, -0.1) is 5.10 Å². The molecule has 3 aliphatic rings. The third-order valence-corrected chi connectivity index (χ3v) is 7.02.